The third-order valence-electron chi connectivity index (χ3n) is 1.53. The molecule has 0 amide bonds. The fourth-order valence-corrected chi connectivity index (χ4v) is 0.977. The van der Waals surface area contributed by atoms with E-state index in [0.717, 1.165) is 12.2 Å². The van der Waals surface area contributed by atoms with Crippen LogP contribution in [0.25, 0.3) is 0 Å². The molecule has 0 bridgehead atoms. The van der Waals surface area contributed by atoms with Crippen molar-refractivity contribution in [1.82, 2.24) is 5.32 Å². The van der Waals surface area contributed by atoms with Gasteiger partial charge in [0.2, 0.25) is 0 Å². The highest BCUT2D eigenvalue weighted by Gasteiger charge is 2.02. The van der Waals surface area contributed by atoms with Crippen molar-refractivity contribution >= 4 is 0 Å². The van der Waals surface area contributed by atoms with Crippen LogP contribution in [0.2, 0.25) is 0 Å². The van der Waals surface area contributed by atoms with Crippen LogP contribution in [0.1, 0.15) is 19.6 Å². The van der Waals surface area contributed by atoms with Crippen molar-refractivity contribution in [3.8, 4) is 12.0 Å². The van der Waals surface area contributed by atoms with Gasteiger partial charge in [-0.2, -0.15) is 0 Å². The van der Waals surface area contributed by atoms with Crippen LogP contribution >= 0.6 is 0 Å². The van der Waals surface area contributed by atoms with Crippen molar-refractivity contribution in [2.45, 2.75) is 26.3 Å². The number of nitrogens with one attached hydrogen (secondary N) is 1. The molecule has 0 aliphatic carbocycles. The number of hydrogen-bond donors (Lipinski definition) is 1. The van der Waals surface area contributed by atoms with E-state index in [0.29, 0.717) is 6.04 Å². The summed E-state index contributed by atoms with van der Waals surface area (Å²) in [7, 11) is 0. The average Bonchev–Trinajstić information content (AvgIpc) is 2.53. The molecule has 1 aromatic rings. The lowest BCUT2D eigenvalue weighted by atomic mass is 10.2. The van der Waals surface area contributed by atoms with E-state index < -0.39 is 0 Å². The first-order valence-corrected chi connectivity index (χ1v) is 4.02. The zero-order valence-corrected chi connectivity index (χ0v) is 7.42. The lowest BCUT2D eigenvalue weighted by Gasteiger charge is -2.06. The molecular weight excluding hydrogens is 150 g/mol. The minimum Gasteiger partial charge on any atom is -0.469 e. The third kappa shape index (κ3) is 2.71. The lowest BCUT2D eigenvalue weighted by Crippen LogP contribution is -2.22. The summed E-state index contributed by atoms with van der Waals surface area (Å²) in [6.07, 6.45) is 2.56. The SMILES string of the molecule is CC#CNC(C)Cc1ccco1. The standard InChI is InChI=1S/C10H13NO/c1-3-6-11-9(2)8-10-5-4-7-12-10/h4-5,7,9,11H,8H2,1-2H3. The van der Waals surface area contributed by atoms with Crippen LogP contribution in [0, 0.1) is 12.0 Å². The summed E-state index contributed by atoms with van der Waals surface area (Å²) in [5.41, 5.74) is 0. The Morgan fingerprint density at radius 2 is 2.50 bits per heavy atom. The van der Waals surface area contributed by atoms with Gasteiger partial charge in [0, 0.05) is 18.5 Å². The Labute approximate surface area is 73.0 Å². The minimum atomic E-state index is 0.337. The molecule has 0 spiro atoms. The highest BCUT2D eigenvalue weighted by molar-refractivity contribution is 5.02. The maximum atomic E-state index is 5.20. The van der Waals surface area contributed by atoms with E-state index in [1.807, 2.05) is 19.1 Å². The molecule has 1 unspecified atom stereocenters. The molecule has 1 rings (SSSR count). The molecule has 0 aliphatic rings. The van der Waals surface area contributed by atoms with Gasteiger partial charge in [0.1, 0.15) is 5.76 Å². The Bertz CT molecular complexity index is 266. The number of hydrogen-bond acceptors (Lipinski definition) is 2. The van der Waals surface area contributed by atoms with E-state index in [2.05, 4.69) is 24.2 Å². The van der Waals surface area contributed by atoms with Gasteiger partial charge in [-0.3, -0.25) is 0 Å². The van der Waals surface area contributed by atoms with Crippen molar-refractivity contribution in [2.24, 2.45) is 0 Å². The fourth-order valence-electron chi connectivity index (χ4n) is 0.977. The fraction of sp³-hybridized carbons (Fsp3) is 0.400. The van der Waals surface area contributed by atoms with Crippen LogP contribution in [0.15, 0.2) is 22.8 Å². The van der Waals surface area contributed by atoms with Crippen molar-refractivity contribution < 1.29 is 4.42 Å². The summed E-state index contributed by atoms with van der Waals surface area (Å²) < 4.78 is 5.20. The van der Waals surface area contributed by atoms with Gasteiger partial charge in [0.25, 0.3) is 0 Å². The molecule has 2 heteroatoms. The molecule has 0 fully saturated rings. The topological polar surface area (TPSA) is 25.2 Å². The van der Waals surface area contributed by atoms with Gasteiger partial charge in [0.05, 0.1) is 6.26 Å². The molecule has 0 aromatic carbocycles. The first-order valence-electron chi connectivity index (χ1n) is 4.02. The van der Waals surface area contributed by atoms with Crippen LogP contribution in [-0.2, 0) is 6.42 Å². The molecule has 0 aliphatic heterocycles. The van der Waals surface area contributed by atoms with Gasteiger partial charge in [0.15, 0.2) is 0 Å². The monoisotopic (exact) mass is 163 g/mol. The lowest BCUT2D eigenvalue weighted by molar-refractivity contribution is 0.480. The summed E-state index contributed by atoms with van der Waals surface area (Å²) >= 11 is 0. The van der Waals surface area contributed by atoms with E-state index in [4.69, 9.17) is 4.42 Å². The highest BCUT2D eigenvalue weighted by Crippen LogP contribution is 2.03. The van der Waals surface area contributed by atoms with Crippen molar-refractivity contribution in [3.05, 3.63) is 24.2 Å². The molecule has 0 radical (unpaired) electrons. The molecule has 2 nitrogen and oxygen atoms in total. The number of furan rings is 1. The first kappa shape index (κ1) is 8.73. The Morgan fingerprint density at radius 3 is 3.08 bits per heavy atom. The van der Waals surface area contributed by atoms with E-state index in [1.54, 1.807) is 6.26 Å². The van der Waals surface area contributed by atoms with Crippen LogP contribution in [0.5, 0.6) is 0 Å². The second kappa shape index (κ2) is 4.50. The summed E-state index contributed by atoms with van der Waals surface area (Å²) in [6.45, 7) is 3.89. The van der Waals surface area contributed by atoms with Gasteiger partial charge in [-0.25, -0.2) is 0 Å². The van der Waals surface area contributed by atoms with Gasteiger partial charge in [-0.1, -0.05) is 5.92 Å². The van der Waals surface area contributed by atoms with E-state index in [9.17, 15) is 0 Å². The zero-order valence-electron chi connectivity index (χ0n) is 7.42. The van der Waals surface area contributed by atoms with Gasteiger partial charge < -0.3 is 9.73 Å². The zero-order chi connectivity index (χ0) is 8.81. The molecule has 12 heavy (non-hydrogen) atoms. The molecule has 1 N–H and O–H groups in total. The number of rotatable bonds is 3. The molecule has 1 aromatic heterocycles. The van der Waals surface area contributed by atoms with E-state index in [1.165, 1.54) is 0 Å². The molecule has 1 atom stereocenters. The van der Waals surface area contributed by atoms with E-state index in [-0.39, 0.29) is 0 Å². The third-order valence-corrected chi connectivity index (χ3v) is 1.53. The van der Waals surface area contributed by atoms with Crippen LogP contribution in [-0.4, -0.2) is 6.04 Å². The predicted molar refractivity (Wildman–Crippen MR) is 48.5 cm³/mol. The largest absolute Gasteiger partial charge is 0.469 e. The summed E-state index contributed by atoms with van der Waals surface area (Å²) in [6, 6.07) is 7.02. The van der Waals surface area contributed by atoms with Crippen LogP contribution in [0.4, 0.5) is 0 Å². The minimum absolute atomic E-state index is 0.337. The van der Waals surface area contributed by atoms with Gasteiger partial charge >= 0.3 is 0 Å². The Balaban J connectivity index is 2.35. The quantitative estimate of drug-likeness (QED) is 0.542. The van der Waals surface area contributed by atoms with Gasteiger partial charge in [-0.05, 0) is 26.0 Å². The predicted octanol–water partition coefficient (Wildman–Crippen LogP) is 1.78. The molecule has 1 heterocycles. The molecule has 0 saturated carbocycles. The first-order chi connectivity index (χ1) is 5.83. The molecule has 0 saturated heterocycles. The summed E-state index contributed by atoms with van der Waals surface area (Å²) in [5, 5.41) is 3.05. The van der Waals surface area contributed by atoms with Crippen LogP contribution < -0.4 is 5.32 Å². The maximum Gasteiger partial charge on any atom is 0.105 e. The second-order valence-corrected chi connectivity index (χ2v) is 2.70. The van der Waals surface area contributed by atoms with Crippen LogP contribution in [0.3, 0.4) is 0 Å². The smallest absolute Gasteiger partial charge is 0.105 e. The van der Waals surface area contributed by atoms with E-state index >= 15 is 0 Å². The Morgan fingerprint density at radius 1 is 1.67 bits per heavy atom. The molecular formula is C10H13NO. The summed E-state index contributed by atoms with van der Waals surface area (Å²) in [5.74, 6) is 3.78. The normalized spacial score (nSPS) is 11.5. The molecule has 64 valence electrons. The van der Waals surface area contributed by atoms with Crippen molar-refractivity contribution in [3.63, 3.8) is 0 Å². The average molecular weight is 163 g/mol. The second-order valence-electron chi connectivity index (χ2n) is 2.70. The van der Waals surface area contributed by atoms with Crippen molar-refractivity contribution in [1.29, 1.82) is 0 Å². The summed E-state index contributed by atoms with van der Waals surface area (Å²) in [4.78, 5) is 0. The Hall–Kier alpha value is -1.36. The highest BCUT2D eigenvalue weighted by atomic mass is 16.3. The maximum absolute atomic E-state index is 5.20. The van der Waals surface area contributed by atoms with Gasteiger partial charge in [-0.15, -0.1) is 0 Å². The Kier molecular flexibility index (Phi) is 3.28. The van der Waals surface area contributed by atoms with Crippen molar-refractivity contribution in [2.75, 3.05) is 0 Å².